The first-order valence-corrected chi connectivity index (χ1v) is 9.52. The lowest BCUT2D eigenvalue weighted by molar-refractivity contribution is -0.130. The maximum Gasteiger partial charge on any atom is 0.381 e. The van der Waals surface area contributed by atoms with Gasteiger partial charge in [0.1, 0.15) is 16.7 Å². The van der Waals surface area contributed by atoms with Gasteiger partial charge in [0.25, 0.3) is 0 Å². The molecular formula is C20H17ClN4O2S. The van der Waals surface area contributed by atoms with Gasteiger partial charge in [-0.15, -0.1) is 11.3 Å². The van der Waals surface area contributed by atoms with Crippen molar-refractivity contribution < 1.29 is 9.90 Å². The van der Waals surface area contributed by atoms with Gasteiger partial charge >= 0.3 is 5.97 Å². The van der Waals surface area contributed by atoms with Crippen LogP contribution in [0.25, 0.3) is 0 Å². The number of nitrogens with zero attached hydrogens (tertiary/aromatic N) is 2. The predicted octanol–water partition coefficient (Wildman–Crippen LogP) is 4.11. The fourth-order valence-electron chi connectivity index (χ4n) is 2.92. The van der Waals surface area contributed by atoms with Crippen LogP contribution in [0.4, 0.5) is 5.00 Å². The molecule has 0 saturated carbocycles. The first-order valence-electron chi connectivity index (χ1n) is 8.33. The third-order valence-electron chi connectivity index (χ3n) is 4.33. The molecule has 0 unspecified atom stereocenters. The Kier molecular flexibility index (Phi) is 5.36. The van der Waals surface area contributed by atoms with Gasteiger partial charge in [-0.2, -0.15) is 0 Å². The molecule has 0 spiro atoms. The van der Waals surface area contributed by atoms with Crippen LogP contribution < -0.4 is 4.90 Å². The Morgan fingerprint density at radius 1 is 1.32 bits per heavy atom. The molecular weight excluding hydrogens is 396 g/mol. The zero-order valence-electron chi connectivity index (χ0n) is 15.4. The lowest BCUT2D eigenvalue weighted by atomic mass is 10.00. The van der Waals surface area contributed by atoms with E-state index in [0.29, 0.717) is 15.7 Å². The van der Waals surface area contributed by atoms with Crippen LogP contribution in [-0.2, 0) is 4.79 Å². The molecule has 1 aromatic heterocycles. The largest absolute Gasteiger partial charge is 0.472 e. The number of carbonyl (C=O) groups is 1. The number of aryl methyl sites for hydroxylation is 1. The fourth-order valence-corrected chi connectivity index (χ4v) is 4.27. The smallest absolute Gasteiger partial charge is 0.381 e. The first kappa shape index (κ1) is 19.8. The summed E-state index contributed by atoms with van der Waals surface area (Å²) in [5, 5.41) is 27.0. The van der Waals surface area contributed by atoms with Crippen LogP contribution in [0.2, 0.25) is 5.02 Å². The Labute approximate surface area is 171 Å². The van der Waals surface area contributed by atoms with E-state index in [9.17, 15) is 4.79 Å². The average molecular weight is 413 g/mol. The number of aliphatic imine (C=N–C) groups is 1. The maximum atomic E-state index is 10.9. The van der Waals surface area contributed by atoms with E-state index >= 15 is 0 Å². The van der Waals surface area contributed by atoms with E-state index in [4.69, 9.17) is 27.5 Å². The average Bonchev–Trinajstić information content (AvgIpc) is 2.83. The van der Waals surface area contributed by atoms with Crippen molar-refractivity contribution in [2.24, 2.45) is 4.99 Å². The Morgan fingerprint density at radius 2 is 1.96 bits per heavy atom. The number of hydrogen-bond donors (Lipinski definition) is 3. The number of aliphatic carboxylic acids is 1. The highest BCUT2D eigenvalue weighted by Crippen LogP contribution is 2.39. The Bertz CT molecular complexity index is 1090. The lowest BCUT2D eigenvalue weighted by Gasteiger charge is -2.22. The van der Waals surface area contributed by atoms with Crippen molar-refractivity contribution in [2.75, 3.05) is 4.90 Å². The van der Waals surface area contributed by atoms with Crippen molar-refractivity contribution >= 4 is 51.3 Å². The van der Waals surface area contributed by atoms with Crippen LogP contribution in [0.15, 0.2) is 29.3 Å². The molecule has 6 nitrogen and oxygen atoms in total. The molecule has 0 bridgehead atoms. The topological polar surface area (TPSA) is 101 Å². The minimum Gasteiger partial charge on any atom is -0.472 e. The molecule has 1 atom stereocenters. The molecule has 8 heteroatoms. The lowest BCUT2D eigenvalue weighted by Crippen LogP contribution is -2.39. The van der Waals surface area contributed by atoms with Gasteiger partial charge in [0.05, 0.1) is 5.71 Å². The molecule has 1 aliphatic rings. The van der Waals surface area contributed by atoms with Crippen molar-refractivity contribution in [3.8, 4) is 11.8 Å². The van der Waals surface area contributed by atoms with E-state index in [2.05, 4.69) is 16.8 Å². The summed E-state index contributed by atoms with van der Waals surface area (Å²) < 4.78 is 0. The van der Waals surface area contributed by atoms with Crippen LogP contribution in [0.5, 0.6) is 0 Å². The zero-order chi connectivity index (χ0) is 20.6. The SMILES string of the molecule is CC(=N)N1C(=N)[C@H](C#CC(=O)O)N=C(c2ccc(Cl)cc2)c2c1sc(C)c2C. The highest BCUT2D eigenvalue weighted by Gasteiger charge is 2.33. The number of hydrogen-bond acceptors (Lipinski definition) is 5. The number of carboxylic acid groups (broad SMARTS) is 1. The number of nitrogens with one attached hydrogen (secondary N) is 2. The van der Waals surface area contributed by atoms with Crippen molar-refractivity contribution in [2.45, 2.75) is 26.8 Å². The molecule has 0 fully saturated rings. The van der Waals surface area contributed by atoms with Crippen molar-refractivity contribution in [1.82, 2.24) is 0 Å². The molecule has 142 valence electrons. The fraction of sp³-hybridized carbons (Fsp3) is 0.200. The quantitative estimate of drug-likeness (QED) is 0.373. The van der Waals surface area contributed by atoms with Crippen LogP contribution in [0.3, 0.4) is 0 Å². The zero-order valence-corrected chi connectivity index (χ0v) is 17.0. The van der Waals surface area contributed by atoms with Gasteiger partial charge in [0.2, 0.25) is 0 Å². The van der Waals surface area contributed by atoms with Crippen molar-refractivity contribution in [3.63, 3.8) is 0 Å². The molecule has 0 aliphatic carbocycles. The number of anilines is 1. The molecule has 1 aliphatic heterocycles. The third kappa shape index (κ3) is 3.57. The van der Waals surface area contributed by atoms with Gasteiger partial charge < -0.3 is 5.11 Å². The van der Waals surface area contributed by atoms with Crippen molar-refractivity contribution in [1.29, 1.82) is 10.8 Å². The number of benzene rings is 1. The maximum absolute atomic E-state index is 10.9. The summed E-state index contributed by atoms with van der Waals surface area (Å²) in [4.78, 5) is 18.1. The summed E-state index contributed by atoms with van der Waals surface area (Å²) >= 11 is 7.49. The van der Waals surface area contributed by atoms with Gasteiger partial charge in [0.15, 0.2) is 6.04 Å². The number of fused-ring (bicyclic) bond motifs is 1. The van der Waals surface area contributed by atoms with Crippen LogP contribution in [0, 0.1) is 36.5 Å². The number of carboxylic acids is 1. The van der Waals surface area contributed by atoms with E-state index in [-0.39, 0.29) is 11.7 Å². The Balaban J connectivity index is 2.33. The summed E-state index contributed by atoms with van der Waals surface area (Å²) in [6.45, 7) is 5.54. The normalized spacial score (nSPS) is 15.9. The van der Waals surface area contributed by atoms with Gasteiger partial charge in [0, 0.05) is 26.9 Å². The van der Waals surface area contributed by atoms with E-state index in [1.165, 1.54) is 16.2 Å². The summed E-state index contributed by atoms with van der Waals surface area (Å²) in [5.74, 6) is 3.41. The molecule has 0 radical (unpaired) electrons. The van der Waals surface area contributed by atoms with Crippen LogP contribution in [-0.4, -0.2) is 34.5 Å². The summed E-state index contributed by atoms with van der Waals surface area (Å²) in [7, 11) is 0. The second-order valence-corrected chi connectivity index (χ2v) is 7.87. The highest BCUT2D eigenvalue weighted by atomic mass is 35.5. The highest BCUT2D eigenvalue weighted by molar-refractivity contribution is 7.17. The van der Waals surface area contributed by atoms with E-state index < -0.39 is 12.0 Å². The monoisotopic (exact) mass is 412 g/mol. The van der Waals surface area contributed by atoms with Crippen LogP contribution in [0.1, 0.15) is 28.5 Å². The number of thiophene rings is 1. The molecule has 28 heavy (non-hydrogen) atoms. The number of halogens is 1. The molecule has 3 N–H and O–H groups in total. The first-order chi connectivity index (χ1) is 13.2. The number of amidine groups is 2. The predicted molar refractivity (Wildman–Crippen MR) is 114 cm³/mol. The standard InChI is InChI=1S/C20H17ClN4O2S/c1-10-11(2)28-20-17(10)18(13-4-6-14(21)7-5-13)24-15(8-9-16(26)27)19(23)25(20)12(3)22/h4-7,15,22-23H,1-3H3,(H,26,27)/t15-/m0/s1. The Hall–Kier alpha value is -2.95. The van der Waals surface area contributed by atoms with Gasteiger partial charge in [-0.3, -0.25) is 20.7 Å². The third-order valence-corrected chi connectivity index (χ3v) is 5.78. The van der Waals surface area contributed by atoms with E-state index in [0.717, 1.165) is 21.6 Å². The molecule has 3 rings (SSSR count). The molecule has 0 saturated heterocycles. The molecule has 0 amide bonds. The van der Waals surface area contributed by atoms with Crippen LogP contribution >= 0.6 is 22.9 Å². The minimum atomic E-state index is -1.29. The van der Waals surface area contributed by atoms with Crippen molar-refractivity contribution in [3.05, 3.63) is 50.9 Å². The number of rotatable bonds is 1. The molecule has 2 aromatic rings. The minimum absolute atomic E-state index is 0.0484. The van der Waals surface area contributed by atoms with E-state index in [1.54, 1.807) is 19.1 Å². The van der Waals surface area contributed by atoms with Gasteiger partial charge in [-0.1, -0.05) is 29.7 Å². The second kappa shape index (κ2) is 7.58. The van der Waals surface area contributed by atoms with Gasteiger partial charge in [-0.25, -0.2) is 4.79 Å². The van der Waals surface area contributed by atoms with Gasteiger partial charge in [-0.05, 0) is 38.5 Å². The van der Waals surface area contributed by atoms with E-state index in [1.807, 2.05) is 26.0 Å². The summed E-state index contributed by atoms with van der Waals surface area (Å²) in [5.41, 5.74) is 3.21. The second-order valence-electron chi connectivity index (χ2n) is 6.23. The Morgan fingerprint density at radius 3 is 2.54 bits per heavy atom. The molecule has 1 aromatic carbocycles. The summed E-state index contributed by atoms with van der Waals surface area (Å²) in [6.07, 6.45) is 0. The summed E-state index contributed by atoms with van der Waals surface area (Å²) in [6, 6.07) is 6.15. The molecule has 2 heterocycles.